The molecule has 1 aromatic heterocycles. The zero-order valence-electron chi connectivity index (χ0n) is 18.0. The third-order valence-corrected chi connectivity index (χ3v) is 3.89. The Hall–Kier alpha value is -2.78. The van der Waals surface area contributed by atoms with Gasteiger partial charge in [0.1, 0.15) is 28.3 Å². The number of anilines is 2. The number of halogens is 2. The summed E-state index contributed by atoms with van der Waals surface area (Å²) in [6.45, 7) is 9.90. The number of imide groups is 1. The van der Waals surface area contributed by atoms with E-state index in [1.807, 2.05) is 0 Å². The van der Waals surface area contributed by atoms with E-state index in [0.717, 1.165) is 6.33 Å². The van der Waals surface area contributed by atoms with Crippen LogP contribution in [0, 0.1) is 0 Å². The smallest absolute Gasteiger partial charge is 0.425 e. The number of ether oxygens (including phenoxy) is 3. The summed E-state index contributed by atoms with van der Waals surface area (Å²) in [5.74, 6) is -0.208. The van der Waals surface area contributed by atoms with Crippen molar-refractivity contribution in [3.05, 3.63) is 34.6 Å². The lowest BCUT2D eigenvalue weighted by Crippen LogP contribution is -2.44. The van der Waals surface area contributed by atoms with Crippen molar-refractivity contribution >= 4 is 46.9 Å². The average molecular weight is 471 g/mol. The van der Waals surface area contributed by atoms with Gasteiger partial charge in [-0.05, 0) is 59.7 Å². The van der Waals surface area contributed by atoms with E-state index in [4.69, 9.17) is 43.1 Å². The molecule has 1 heterocycles. The molecule has 0 saturated heterocycles. The van der Waals surface area contributed by atoms with Crippen molar-refractivity contribution in [1.82, 2.24) is 9.97 Å². The number of rotatable bonds is 3. The summed E-state index contributed by atoms with van der Waals surface area (Å²) >= 11 is 12.5. The van der Waals surface area contributed by atoms with Crippen LogP contribution in [0.5, 0.6) is 11.6 Å². The van der Waals surface area contributed by atoms with Crippen LogP contribution in [0.25, 0.3) is 0 Å². The molecule has 0 aliphatic rings. The molecule has 1 aromatic carbocycles. The van der Waals surface area contributed by atoms with E-state index in [9.17, 15) is 9.59 Å². The number of aromatic nitrogens is 2. The molecule has 0 spiro atoms. The minimum absolute atomic E-state index is 0.143. The zero-order valence-corrected chi connectivity index (χ0v) is 19.5. The Morgan fingerprint density at radius 1 is 0.968 bits per heavy atom. The molecule has 0 aliphatic heterocycles. The van der Waals surface area contributed by atoms with Crippen LogP contribution < -0.4 is 15.4 Å². The summed E-state index contributed by atoms with van der Waals surface area (Å²) in [6.07, 6.45) is -0.985. The lowest BCUT2D eigenvalue weighted by Gasteiger charge is -2.28. The highest BCUT2D eigenvalue weighted by Crippen LogP contribution is 2.37. The number of nitrogens with zero attached hydrogens (tertiary/aromatic N) is 3. The van der Waals surface area contributed by atoms with Crippen LogP contribution in [0.2, 0.25) is 10.0 Å². The number of carbonyl (C=O) groups excluding carboxylic acids is 2. The van der Waals surface area contributed by atoms with Crippen molar-refractivity contribution in [1.29, 1.82) is 0 Å². The fourth-order valence-corrected chi connectivity index (χ4v) is 2.59. The first-order valence-corrected chi connectivity index (χ1v) is 9.93. The minimum atomic E-state index is -1.03. The van der Waals surface area contributed by atoms with Crippen molar-refractivity contribution < 1.29 is 23.8 Å². The second-order valence-corrected chi connectivity index (χ2v) is 9.19. The van der Waals surface area contributed by atoms with Gasteiger partial charge in [0.2, 0.25) is 5.88 Å². The van der Waals surface area contributed by atoms with Gasteiger partial charge in [0.25, 0.3) is 0 Å². The fourth-order valence-electron chi connectivity index (χ4n) is 2.14. The van der Waals surface area contributed by atoms with Crippen molar-refractivity contribution in [3.8, 4) is 11.6 Å². The lowest BCUT2D eigenvalue weighted by atomic mass is 10.2. The van der Waals surface area contributed by atoms with Gasteiger partial charge >= 0.3 is 12.2 Å². The summed E-state index contributed by atoms with van der Waals surface area (Å²) in [7, 11) is 0. The summed E-state index contributed by atoms with van der Waals surface area (Å²) in [4.78, 5) is 34.1. The van der Waals surface area contributed by atoms with Crippen LogP contribution >= 0.6 is 23.2 Å². The fraction of sp³-hybridized carbons (Fsp3) is 0.400. The Bertz CT molecular complexity index is 959. The van der Waals surface area contributed by atoms with Crippen molar-refractivity contribution in [2.45, 2.75) is 52.7 Å². The topological polar surface area (TPSA) is 117 Å². The van der Waals surface area contributed by atoms with Crippen LogP contribution in [0.15, 0.2) is 24.5 Å². The molecule has 0 atom stereocenters. The van der Waals surface area contributed by atoms with E-state index in [-0.39, 0.29) is 27.5 Å². The van der Waals surface area contributed by atoms with Crippen LogP contribution in [0.4, 0.5) is 21.1 Å². The molecule has 2 N–H and O–H groups in total. The monoisotopic (exact) mass is 470 g/mol. The van der Waals surface area contributed by atoms with E-state index in [0.29, 0.717) is 10.6 Å². The molecule has 0 fully saturated rings. The highest BCUT2D eigenvalue weighted by molar-refractivity contribution is 6.35. The molecule has 168 valence electrons. The SMILES string of the molecule is CC(C)(C)OC(=O)N(C(=O)OC(C)(C)C)c1ncnc(Oc2ccc(N)cc2Cl)c1Cl. The van der Waals surface area contributed by atoms with Gasteiger partial charge in [-0.3, -0.25) is 0 Å². The average Bonchev–Trinajstić information content (AvgIpc) is 2.57. The van der Waals surface area contributed by atoms with Gasteiger partial charge in [0, 0.05) is 5.69 Å². The molecule has 2 amide bonds. The molecular formula is C20H24Cl2N4O5. The predicted molar refractivity (Wildman–Crippen MR) is 118 cm³/mol. The first-order valence-electron chi connectivity index (χ1n) is 9.17. The van der Waals surface area contributed by atoms with Crippen molar-refractivity contribution in [3.63, 3.8) is 0 Å². The molecule has 2 rings (SSSR count). The molecule has 0 aliphatic carbocycles. The van der Waals surface area contributed by atoms with Gasteiger partial charge in [-0.1, -0.05) is 23.2 Å². The Labute approximate surface area is 190 Å². The van der Waals surface area contributed by atoms with E-state index in [1.54, 1.807) is 47.6 Å². The van der Waals surface area contributed by atoms with Gasteiger partial charge < -0.3 is 19.9 Å². The summed E-state index contributed by atoms with van der Waals surface area (Å²) in [6, 6.07) is 4.58. The van der Waals surface area contributed by atoms with E-state index >= 15 is 0 Å². The van der Waals surface area contributed by atoms with Crippen molar-refractivity contribution in [2.75, 3.05) is 10.6 Å². The third-order valence-electron chi connectivity index (χ3n) is 3.27. The number of benzene rings is 1. The van der Waals surface area contributed by atoms with Gasteiger partial charge in [0.15, 0.2) is 5.82 Å². The normalized spacial score (nSPS) is 11.6. The number of hydrogen-bond acceptors (Lipinski definition) is 8. The van der Waals surface area contributed by atoms with Gasteiger partial charge in [-0.15, -0.1) is 0 Å². The number of amides is 2. The molecule has 0 saturated carbocycles. The molecule has 31 heavy (non-hydrogen) atoms. The van der Waals surface area contributed by atoms with Crippen LogP contribution in [0.1, 0.15) is 41.5 Å². The van der Waals surface area contributed by atoms with E-state index in [1.165, 1.54) is 12.1 Å². The quantitative estimate of drug-likeness (QED) is 0.556. The molecule has 0 radical (unpaired) electrons. The first kappa shape index (κ1) is 24.5. The number of nitrogen functional groups attached to an aromatic ring is 1. The highest BCUT2D eigenvalue weighted by atomic mass is 35.5. The standard InChI is InChI=1S/C20H24Cl2N4O5/c1-19(2,3)30-17(27)26(18(28)31-20(4,5)6)15-14(22)16(25-10-24-15)29-13-8-7-11(23)9-12(13)21/h7-10H,23H2,1-6H3. The molecule has 0 bridgehead atoms. The maximum Gasteiger partial charge on any atom is 0.425 e. The minimum Gasteiger partial charge on any atom is -0.443 e. The predicted octanol–water partition coefficient (Wildman–Crippen LogP) is 5.83. The molecule has 0 unspecified atom stereocenters. The van der Waals surface area contributed by atoms with Crippen LogP contribution in [-0.2, 0) is 9.47 Å². The summed E-state index contributed by atoms with van der Waals surface area (Å²) < 4.78 is 16.3. The van der Waals surface area contributed by atoms with Gasteiger partial charge in [-0.25, -0.2) is 14.6 Å². The number of carbonyl (C=O) groups is 2. The molecule has 2 aromatic rings. The molecular weight excluding hydrogens is 447 g/mol. The van der Waals surface area contributed by atoms with Gasteiger partial charge in [0.05, 0.1) is 5.02 Å². The Kier molecular flexibility index (Phi) is 7.23. The zero-order chi connectivity index (χ0) is 23.6. The Morgan fingerprint density at radius 2 is 1.52 bits per heavy atom. The summed E-state index contributed by atoms with van der Waals surface area (Å²) in [5, 5.41) is -0.0144. The van der Waals surface area contributed by atoms with Crippen LogP contribution in [0.3, 0.4) is 0 Å². The number of nitrogens with two attached hydrogens (primary N) is 1. The second-order valence-electron chi connectivity index (χ2n) is 8.40. The van der Waals surface area contributed by atoms with E-state index in [2.05, 4.69) is 9.97 Å². The van der Waals surface area contributed by atoms with Gasteiger partial charge in [-0.2, -0.15) is 9.88 Å². The maximum atomic E-state index is 12.8. The summed E-state index contributed by atoms with van der Waals surface area (Å²) in [5.41, 5.74) is 4.33. The Morgan fingerprint density at radius 3 is 2.00 bits per heavy atom. The Balaban J connectivity index is 2.49. The lowest BCUT2D eigenvalue weighted by molar-refractivity contribution is 0.0429. The highest BCUT2D eigenvalue weighted by Gasteiger charge is 2.36. The molecule has 11 heteroatoms. The van der Waals surface area contributed by atoms with E-state index < -0.39 is 23.4 Å². The maximum absolute atomic E-state index is 12.8. The van der Waals surface area contributed by atoms with Crippen LogP contribution in [-0.4, -0.2) is 33.4 Å². The number of hydrogen-bond donors (Lipinski definition) is 1. The first-order chi connectivity index (χ1) is 14.2. The van der Waals surface area contributed by atoms with Crippen molar-refractivity contribution in [2.24, 2.45) is 0 Å². The third kappa shape index (κ3) is 6.86. The molecule has 9 nitrogen and oxygen atoms in total. The second kappa shape index (κ2) is 9.15. The largest absolute Gasteiger partial charge is 0.443 e.